The molecule has 0 fully saturated rings. The monoisotopic (exact) mass is 182 g/mol. The first kappa shape index (κ1) is 8.97. The zero-order valence-electron chi connectivity index (χ0n) is 7.59. The van der Waals surface area contributed by atoms with Crippen LogP contribution in [0, 0.1) is 0 Å². The minimum absolute atomic E-state index is 0.803. The largest absolute Gasteiger partial charge is 0.450 e. The van der Waals surface area contributed by atoms with Gasteiger partial charge in [0.05, 0.1) is 0 Å². The van der Waals surface area contributed by atoms with Crippen LogP contribution in [0.25, 0.3) is 11.1 Å². The predicted molar refractivity (Wildman–Crippen MR) is 57.3 cm³/mol. The smallest absolute Gasteiger partial charge is 0.326 e. The van der Waals surface area contributed by atoms with Gasteiger partial charge >= 0.3 is 7.48 Å². The fourth-order valence-corrected chi connectivity index (χ4v) is 1.30. The van der Waals surface area contributed by atoms with E-state index in [0.29, 0.717) is 0 Å². The number of benzene rings is 1. The van der Waals surface area contributed by atoms with E-state index in [2.05, 4.69) is 4.98 Å². The second-order valence-corrected chi connectivity index (χ2v) is 2.99. The van der Waals surface area contributed by atoms with Crippen LogP contribution in [-0.4, -0.2) is 17.5 Å². The van der Waals surface area contributed by atoms with Gasteiger partial charge in [-0.05, 0) is 17.2 Å². The van der Waals surface area contributed by atoms with E-state index in [1.165, 1.54) is 0 Å². The van der Waals surface area contributed by atoms with Gasteiger partial charge in [-0.3, -0.25) is 4.98 Å². The minimum Gasteiger partial charge on any atom is -0.450 e. The Kier molecular flexibility index (Phi) is 2.61. The minimum atomic E-state index is 0.803. The molecule has 2 aromatic rings. The molecule has 0 bridgehead atoms. The van der Waals surface area contributed by atoms with Crippen molar-refractivity contribution in [3.05, 3.63) is 48.8 Å². The highest BCUT2D eigenvalue weighted by Gasteiger charge is 1.97. The quantitative estimate of drug-likeness (QED) is 0.702. The Morgan fingerprint density at radius 2 is 1.79 bits per heavy atom. The zero-order chi connectivity index (χ0) is 9.80. The summed E-state index contributed by atoms with van der Waals surface area (Å²) in [5, 5.41) is 8.76. The van der Waals surface area contributed by atoms with E-state index in [-0.39, 0.29) is 0 Å². The third-order valence-electron chi connectivity index (χ3n) is 2.05. The molecule has 1 N–H and O–H groups in total. The fraction of sp³-hybridized carbons (Fsp3) is 0. The average Bonchev–Trinajstić information content (AvgIpc) is 2.30. The number of aromatic nitrogens is 1. The SMILES string of the molecule is O[B]c1ccc(-c2cccnc2)cc1. The van der Waals surface area contributed by atoms with Crippen LogP contribution in [0.4, 0.5) is 0 Å². The molecule has 0 aliphatic heterocycles. The summed E-state index contributed by atoms with van der Waals surface area (Å²) in [5.74, 6) is 0. The lowest BCUT2D eigenvalue weighted by molar-refractivity contribution is 0.615. The van der Waals surface area contributed by atoms with E-state index in [1.807, 2.05) is 42.6 Å². The third-order valence-corrected chi connectivity index (χ3v) is 2.05. The van der Waals surface area contributed by atoms with E-state index in [4.69, 9.17) is 5.02 Å². The van der Waals surface area contributed by atoms with E-state index in [9.17, 15) is 0 Å². The predicted octanol–water partition coefficient (Wildman–Crippen LogP) is 0.985. The summed E-state index contributed by atoms with van der Waals surface area (Å²) >= 11 is 0. The number of nitrogens with zero attached hydrogens (tertiary/aromatic N) is 1. The number of rotatable bonds is 2. The van der Waals surface area contributed by atoms with Crippen LogP contribution in [0.5, 0.6) is 0 Å². The first-order chi connectivity index (χ1) is 6.90. The van der Waals surface area contributed by atoms with E-state index < -0.39 is 0 Å². The Morgan fingerprint density at radius 3 is 2.36 bits per heavy atom. The van der Waals surface area contributed by atoms with E-state index >= 15 is 0 Å². The van der Waals surface area contributed by atoms with Gasteiger partial charge in [0.15, 0.2) is 0 Å². The molecule has 1 heterocycles. The summed E-state index contributed by atoms with van der Waals surface area (Å²) in [6.45, 7) is 0. The summed E-state index contributed by atoms with van der Waals surface area (Å²) in [7, 11) is 1.09. The Hall–Kier alpha value is -1.61. The lowest BCUT2D eigenvalue weighted by Gasteiger charge is -2.00. The molecule has 0 unspecified atom stereocenters. The molecule has 1 radical (unpaired) electrons. The van der Waals surface area contributed by atoms with Crippen molar-refractivity contribution in [1.82, 2.24) is 4.98 Å². The van der Waals surface area contributed by atoms with Crippen molar-refractivity contribution in [2.24, 2.45) is 0 Å². The second-order valence-electron chi connectivity index (χ2n) is 2.99. The lowest BCUT2D eigenvalue weighted by Crippen LogP contribution is -2.11. The van der Waals surface area contributed by atoms with Crippen LogP contribution >= 0.6 is 0 Å². The van der Waals surface area contributed by atoms with E-state index in [1.54, 1.807) is 6.20 Å². The van der Waals surface area contributed by atoms with Gasteiger partial charge in [-0.2, -0.15) is 0 Å². The molecule has 2 rings (SSSR count). The summed E-state index contributed by atoms with van der Waals surface area (Å²) in [4.78, 5) is 4.05. The van der Waals surface area contributed by atoms with Crippen molar-refractivity contribution >= 4 is 12.9 Å². The highest BCUT2D eigenvalue weighted by molar-refractivity contribution is 6.45. The van der Waals surface area contributed by atoms with Crippen LogP contribution in [0.15, 0.2) is 48.8 Å². The average molecular weight is 182 g/mol. The number of hydrogen-bond donors (Lipinski definition) is 1. The van der Waals surface area contributed by atoms with Gasteiger partial charge in [0.1, 0.15) is 0 Å². The summed E-state index contributed by atoms with van der Waals surface area (Å²) in [6, 6.07) is 11.6. The van der Waals surface area contributed by atoms with Gasteiger partial charge in [-0.25, -0.2) is 0 Å². The van der Waals surface area contributed by atoms with Crippen LogP contribution in [0.2, 0.25) is 0 Å². The molecule has 1 aromatic heterocycles. The molecule has 14 heavy (non-hydrogen) atoms. The van der Waals surface area contributed by atoms with Gasteiger partial charge in [0.2, 0.25) is 0 Å². The maximum Gasteiger partial charge on any atom is 0.326 e. The van der Waals surface area contributed by atoms with Crippen LogP contribution < -0.4 is 5.46 Å². The van der Waals surface area contributed by atoms with Crippen molar-refractivity contribution < 1.29 is 5.02 Å². The Morgan fingerprint density at radius 1 is 1.00 bits per heavy atom. The molecule has 0 amide bonds. The van der Waals surface area contributed by atoms with Crippen molar-refractivity contribution in [3.8, 4) is 11.1 Å². The second kappa shape index (κ2) is 4.07. The molecular formula is C11H9BNO. The van der Waals surface area contributed by atoms with Gasteiger partial charge in [-0.15, -0.1) is 0 Å². The topological polar surface area (TPSA) is 33.1 Å². The molecule has 0 saturated carbocycles. The van der Waals surface area contributed by atoms with Gasteiger partial charge in [0, 0.05) is 12.4 Å². The zero-order valence-corrected chi connectivity index (χ0v) is 7.59. The maximum atomic E-state index is 8.76. The van der Waals surface area contributed by atoms with E-state index in [0.717, 1.165) is 24.1 Å². The summed E-state index contributed by atoms with van der Waals surface area (Å²) < 4.78 is 0. The molecule has 2 nitrogen and oxygen atoms in total. The summed E-state index contributed by atoms with van der Waals surface area (Å²) in [6.07, 6.45) is 3.57. The number of hydrogen-bond acceptors (Lipinski definition) is 2. The Balaban J connectivity index is 2.34. The van der Waals surface area contributed by atoms with Crippen LogP contribution in [0.3, 0.4) is 0 Å². The molecule has 1 aromatic carbocycles. The first-order valence-electron chi connectivity index (χ1n) is 4.38. The molecular weight excluding hydrogens is 173 g/mol. The molecule has 67 valence electrons. The molecule has 0 aliphatic carbocycles. The first-order valence-corrected chi connectivity index (χ1v) is 4.38. The molecule has 0 atom stereocenters. The number of pyridine rings is 1. The highest BCUT2D eigenvalue weighted by atomic mass is 16.2. The standard InChI is InChI=1S/C11H9BNO/c14-12-11-5-3-9(4-6-11)10-2-1-7-13-8-10/h1-8,14H. The lowest BCUT2D eigenvalue weighted by atomic mass is 9.88. The van der Waals surface area contributed by atoms with Crippen molar-refractivity contribution in [2.75, 3.05) is 0 Å². The molecule has 0 saturated heterocycles. The molecule has 0 spiro atoms. The van der Waals surface area contributed by atoms with Crippen LogP contribution in [-0.2, 0) is 0 Å². The Bertz CT molecular complexity index is 399. The van der Waals surface area contributed by atoms with Gasteiger partial charge < -0.3 is 5.02 Å². The normalized spacial score (nSPS) is 9.79. The molecule has 3 heteroatoms. The highest BCUT2D eigenvalue weighted by Crippen LogP contribution is 2.15. The fourth-order valence-electron chi connectivity index (χ4n) is 1.30. The van der Waals surface area contributed by atoms with Gasteiger partial charge in [-0.1, -0.05) is 35.8 Å². The third kappa shape index (κ3) is 1.83. The summed E-state index contributed by atoms with van der Waals surface area (Å²) in [5.41, 5.74) is 2.98. The Labute approximate surface area is 83.5 Å². The van der Waals surface area contributed by atoms with Crippen molar-refractivity contribution in [3.63, 3.8) is 0 Å². The molecule has 0 aliphatic rings. The van der Waals surface area contributed by atoms with Crippen molar-refractivity contribution in [2.45, 2.75) is 0 Å². The van der Waals surface area contributed by atoms with Gasteiger partial charge in [0.25, 0.3) is 0 Å². The maximum absolute atomic E-state index is 8.76. The van der Waals surface area contributed by atoms with Crippen LogP contribution in [0.1, 0.15) is 0 Å². The van der Waals surface area contributed by atoms with Crippen molar-refractivity contribution in [1.29, 1.82) is 0 Å².